The van der Waals surface area contributed by atoms with E-state index in [9.17, 15) is 4.79 Å². The van der Waals surface area contributed by atoms with Gasteiger partial charge in [-0.1, -0.05) is 61.5 Å². The molecule has 0 saturated heterocycles. The maximum atomic E-state index is 12.7. The number of nitrogens with zero attached hydrogens (tertiary/aromatic N) is 1. The number of fused-ring (bicyclic) bond motifs is 3. The van der Waals surface area contributed by atoms with Gasteiger partial charge in [-0.2, -0.15) is 0 Å². The van der Waals surface area contributed by atoms with Crippen molar-refractivity contribution in [1.82, 2.24) is 4.57 Å². The molecule has 0 aliphatic heterocycles. The molecular formula is C25H23NO. The molecule has 27 heavy (non-hydrogen) atoms. The molecule has 0 fully saturated rings. The molecule has 2 heteroatoms. The third-order valence-corrected chi connectivity index (χ3v) is 5.25. The van der Waals surface area contributed by atoms with Crippen molar-refractivity contribution in [3.8, 4) is 0 Å². The van der Waals surface area contributed by atoms with Crippen molar-refractivity contribution in [2.75, 3.05) is 0 Å². The van der Waals surface area contributed by atoms with Gasteiger partial charge >= 0.3 is 0 Å². The summed E-state index contributed by atoms with van der Waals surface area (Å²) in [6, 6.07) is 24.8. The summed E-state index contributed by atoms with van der Waals surface area (Å²) in [4.78, 5) is 12.7. The molecule has 0 amide bonds. The molecule has 4 rings (SSSR count). The monoisotopic (exact) mass is 353 g/mol. The van der Waals surface area contributed by atoms with Gasteiger partial charge in [-0.25, -0.2) is 0 Å². The number of carbonyl (C=O) groups excluding carboxylic acids is 1. The van der Waals surface area contributed by atoms with Gasteiger partial charge in [0.25, 0.3) is 0 Å². The van der Waals surface area contributed by atoms with Gasteiger partial charge < -0.3 is 4.57 Å². The Labute approximate surface area is 159 Å². The quantitative estimate of drug-likeness (QED) is 0.290. The molecule has 0 aliphatic rings. The molecule has 0 aliphatic carbocycles. The summed E-state index contributed by atoms with van der Waals surface area (Å²) in [5.74, 6) is 0.0288. The van der Waals surface area contributed by atoms with Gasteiger partial charge in [0.1, 0.15) is 0 Å². The van der Waals surface area contributed by atoms with E-state index in [0.717, 1.165) is 22.9 Å². The third kappa shape index (κ3) is 3.19. The Hall–Kier alpha value is -3.13. The molecule has 0 bridgehead atoms. The van der Waals surface area contributed by atoms with Crippen LogP contribution in [0.15, 0.2) is 78.9 Å². The molecule has 1 atom stereocenters. The van der Waals surface area contributed by atoms with Crippen molar-refractivity contribution >= 4 is 33.7 Å². The van der Waals surface area contributed by atoms with Crippen LogP contribution in [0.25, 0.3) is 27.9 Å². The molecule has 2 nitrogen and oxygen atoms in total. The lowest BCUT2D eigenvalue weighted by molar-refractivity contribution is 0.104. The number of para-hydroxylation sites is 1. The molecule has 0 radical (unpaired) electrons. The molecule has 4 aromatic rings. The van der Waals surface area contributed by atoms with Crippen LogP contribution in [0.5, 0.6) is 0 Å². The largest absolute Gasteiger partial charge is 0.338 e. The van der Waals surface area contributed by atoms with Gasteiger partial charge in [-0.05, 0) is 49.2 Å². The first-order valence-electron chi connectivity index (χ1n) is 9.49. The van der Waals surface area contributed by atoms with E-state index in [1.165, 1.54) is 16.4 Å². The second kappa shape index (κ2) is 7.24. The zero-order valence-corrected chi connectivity index (χ0v) is 15.7. The smallest absolute Gasteiger partial charge is 0.185 e. The SMILES string of the molecule is CCC(C)n1c2ccccc2c2cc(C(=O)/C=C/c3ccccc3)ccc21. The zero-order valence-electron chi connectivity index (χ0n) is 15.7. The van der Waals surface area contributed by atoms with E-state index in [2.05, 4.69) is 48.7 Å². The summed E-state index contributed by atoms with van der Waals surface area (Å²) in [7, 11) is 0. The molecule has 0 N–H and O–H groups in total. The van der Waals surface area contributed by atoms with Gasteiger partial charge in [-0.3, -0.25) is 4.79 Å². The summed E-state index contributed by atoms with van der Waals surface area (Å²) < 4.78 is 2.39. The predicted octanol–water partition coefficient (Wildman–Crippen LogP) is 6.66. The Morgan fingerprint density at radius 2 is 1.63 bits per heavy atom. The van der Waals surface area contributed by atoms with Crippen molar-refractivity contribution in [1.29, 1.82) is 0 Å². The van der Waals surface area contributed by atoms with E-state index >= 15 is 0 Å². The van der Waals surface area contributed by atoms with E-state index in [0.29, 0.717) is 6.04 Å². The molecular weight excluding hydrogens is 330 g/mol. The number of rotatable bonds is 5. The lowest BCUT2D eigenvalue weighted by Crippen LogP contribution is -2.03. The highest BCUT2D eigenvalue weighted by molar-refractivity contribution is 6.13. The fraction of sp³-hybridized carbons (Fsp3) is 0.160. The Balaban J connectivity index is 1.79. The van der Waals surface area contributed by atoms with Crippen LogP contribution in [0.4, 0.5) is 0 Å². The van der Waals surface area contributed by atoms with Crippen LogP contribution in [0.2, 0.25) is 0 Å². The zero-order chi connectivity index (χ0) is 18.8. The maximum absolute atomic E-state index is 12.7. The van der Waals surface area contributed by atoms with Crippen LogP contribution >= 0.6 is 0 Å². The molecule has 0 saturated carbocycles. The Morgan fingerprint density at radius 1 is 0.926 bits per heavy atom. The second-order valence-electron chi connectivity index (χ2n) is 6.98. The molecule has 3 aromatic carbocycles. The van der Waals surface area contributed by atoms with Crippen molar-refractivity contribution < 1.29 is 4.79 Å². The first-order chi connectivity index (χ1) is 13.2. The van der Waals surface area contributed by atoms with Gasteiger partial charge in [0.2, 0.25) is 0 Å². The summed E-state index contributed by atoms with van der Waals surface area (Å²) in [5.41, 5.74) is 4.17. The lowest BCUT2D eigenvalue weighted by Gasteiger charge is -2.14. The average Bonchev–Trinajstić information content (AvgIpc) is 3.06. The second-order valence-corrected chi connectivity index (χ2v) is 6.98. The first kappa shape index (κ1) is 17.3. The molecule has 1 heterocycles. The normalized spacial score (nSPS) is 12.8. The van der Waals surface area contributed by atoms with Gasteiger partial charge in [0, 0.05) is 33.4 Å². The summed E-state index contributed by atoms with van der Waals surface area (Å²) in [5, 5.41) is 2.35. The highest BCUT2D eigenvalue weighted by Gasteiger charge is 2.15. The number of hydrogen-bond donors (Lipinski definition) is 0. The minimum Gasteiger partial charge on any atom is -0.338 e. The third-order valence-electron chi connectivity index (χ3n) is 5.25. The fourth-order valence-electron chi connectivity index (χ4n) is 3.65. The Bertz CT molecular complexity index is 1140. The van der Waals surface area contributed by atoms with Crippen molar-refractivity contribution in [3.05, 3.63) is 90.0 Å². The predicted molar refractivity (Wildman–Crippen MR) is 114 cm³/mol. The number of aromatic nitrogens is 1. The van der Waals surface area contributed by atoms with Crippen molar-refractivity contribution in [2.24, 2.45) is 0 Å². The Kier molecular flexibility index (Phi) is 4.64. The molecule has 1 unspecified atom stereocenters. The van der Waals surface area contributed by atoms with Gasteiger partial charge in [0.15, 0.2) is 5.78 Å². The van der Waals surface area contributed by atoms with Crippen LogP contribution in [0.3, 0.4) is 0 Å². The topological polar surface area (TPSA) is 22.0 Å². The number of ketones is 1. The highest BCUT2D eigenvalue weighted by atomic mass is 16.1. The number of benzene rings is 3. The minimum atomic E-state index is 0.0288. The van der Waals surface area contributed by atoms with Crippen molar-refractivity contribution in [3.63, 3.8) is 0 Å². The van der Waals surface area contributed by atoms with Crippen LogP contribution in [-0.4, -0.2) is 10.4 Å². The summed E-state index contributed by atoms with van der Waals surface area (Å²) in [6.45, 7) is 4.45. The Morgan fingerprint density at radius 3 is 2.41 bits per heavy atom. The van der Waals surface area contributed by atoms with Crippen LogP contribution in [0.1, 0.15) is 42.2 Å². The van der Waals surface area contributed by atoms with Gasteiger partial charge in [0.05, 0.1) is 0 Å². The number of hydrogen-bond acceptors (Lipinski definition) is 1. The van der Waals surface area contributed by atoms with E-state index < -0.39 is 0 Å². The maximum Gasteiger partial charge on any atom is 0.185 e. The summed E-state index contributed by atoms with van der Waals surface area (Å²) >= 11 is 0. The van der Waals surface area contributed by atoms with E-state index in [4.69, 9.17) is 0 Å². The minimum absolute atomic E-state index is 0.0288. The van der Waals surface area contributed by atoms with Gasteiger partial charge in [-0.15, -0.1) is 0 Å². The summed E-state index contributed by atoms with van der Waals surface area (Å²) in [6.07, 6.45) is 4.59. The standard InChI is InChI=1S/C25H23NO/c1-3-18(2)26-23-12-8-7-11-21(23)22-17-20(14-15-24(22)26)25(27)16-13-19-9-5-4-6-10-19/h4-18H,3H2,1-2H3/b16-13+. The van der Waals surface area contributed by atoms with Crippen LogP contribution in [0, 0.1) is 0 Å². The molecule has 1 aromatic heterocycles. The molecule has 0 spiro atoms. The van der Waals surface area contributed by atoms with Crippen molar-refractivity contribution in [2.45, 2.75) is 26.3 Å². The van der Waals surface area contributed by atoms with E-state index in [1.54, 1.807) is 6.08 Å². The van der Waals surface area contributed by atoms with Crippen LogP contribution < -0.4 is 0 Å². The number of carbonyl (C=O) groups is 1. The average molecular weight is 353 g/mol. The lowest BCUT2D eigenvalue weighted by atomic mass is 10.1. The fourth-order valence-corrected chi connectivity index (χ4v) is 3.65. The highest BCUT2D eigenvalue weighted by Crippen LogP contribution is 2.33. The first-order valence-corrected chi connectivity index (χ1v) is 9.49. The van der Waals surface area contributed by atoms with E-state index in [-0.39, 0.29) is 5.78 Å². The van der Waals surface area contributed by atoms with Crippen LogP contribution in [-0.2, 0) is 0 Å². The number of allylic oxidation sites excluding steroid dienone is 1. The van der Waals surface area contributed by atoms with E-state index in [1.807, 2.05) is 48.5 Å². The molecule has 134 valence electrons.